The van der Waals surface area contributed by atoms with E-state index in [1.54, 1.807) is 0 Å². The lowest BCUT2D eigenvalue weighted by Gasteiger charge is -1.99. The van der Waals surface area contributed by atoms with Gasteiger partial charge in [-0.2, -0.15) is 5.26 Å². The summed E-state index contributed by atoms with van der Waals surface area (Å²) in [5.41, 5.74) is 0.157. The Kier molecular flexibility index (Phi) is 3.56. The lowest BCUT2D eigenvalue weighted by molar-refractivity contribution is 0.0594. The van der Waals surface area contributed by atoms with E-state index in [0.29, 0.717) is 5.01 Å². The van der Waals surface area contributed by atoms with Crippen LogP contribution in [0.15, 0.2) is 5.38 Å². The van der Waals surface area contributed by atoms with Gasteiger partial charge in [0.15, 0.2) is 5.69 Å². The quantitative estimate of drug-likeness (QED) is 0.752. The molecule has 74 valence electrons. The summed E-state index contributed by atoms with van der Waals surface area (Å²) >= 11 is 1.13. The molecular formula is C8H8N2O3S. The van der Waals surface area contributed by atoms with Gasteiger partial charge >= 0.3 is 5.97 Å². The van der Waals surface area contributed by atoms with Crippen LogP contribution in [0.25, 0.3) is 0 Å². The maximum absolute atomic E-state index is 11.0. The smallest absolute Gasteiger partial charge is 0.357 e. The number of aliphatic hydroxyl groups is 1. The van der Waals surface area contributed by atoms with Crippen molar-refractivity contribution < 1.29 is 14.6 Å². The number of nitrogens with zero attached hydrogens (tertiary/aromatic N) is 2. The second-order valence-electron chi connectivity index (χ2n) is 2.44. The van der Waals surface area contributed by atoms with E-state index >= 15 is 0 Å². The average Bonchev–Trinajstić information content (AvgIpc) is 2.66. The van der Waals surface area contributed by atoms with Gasteiger partial charge in [-0.1, -0.05) is 0 Å². The lowest BCUT2D eigenvalue weighted by atomic mass is 10.3. The second-order valence-corrected chi connectivity index (χ2v) is 3.33. The van der Waals surface area contributed by atoms with Crippen LogP contribution in [0.5, 0.6) is 0 Å². The van der Waals surface area contributed by atoms with E-state index in [1.807, 2.05) is 6.07 Å². The molecule has 0 aromatic carbocycles. The van der Waals surface area contributed by atoms with Crippen LogP contribution in [0.4, 0.5) is 0 Å². The first-order valence-corrected chi connectivity index (χ1v) is 4.65. The maximum Gasteiger partial charge on any atom is 0.357 e. The number of aliphatic hydroxyl groups excluding tert-OH is 1. The fourth-order valence-corrected chi connectivity index (χ4v) is 1.59. The van der Waals surface area contributed by atoms with Gasteiger partial charge in [0.25, 0.3) is 0 Å². The fraction of sp³-hybridized carbons (Fsp3) is 0.375. The predicted octanol–water partition coefficient (Wildman–Crippen LogP) is 0.877. The number of thiazole rings is 1. The Hall–Kier alpha value is -1.45. The SMILES string of the molecule is COC(=O)c1csc(C(O)CC#N)n1. The minimum Gasteiger partial charge on any atom is -0.464 e. The number of hydrogen-bond acceptors (Lipinski definition) is 6. The number of esters is 1. The molecule has 1 aromatic heterocycles. The molecule has 1 rings (SSSR count). The Bertz CT molecular complexity index is 369. The minimum absolute atomic E-state index is 0.0336. The molecule has 1 atom stereocenters. The first kappa shape index (κ1) is 10.6. The predicted molar refractivity (Wildman–Crippen MR) is 48.6 cm³/mol. The fourth-order valence-electron chi connectivity index (χ4n) is 0.813. The first-order chi connectivity index (χ1) is 6.69. The number of ether oxygens (including phenoxy) is 1. The molecule has 0 aliphatic carbocycles. The molecule has 1 heterocycles. The third kappa shape index (κ3) is 2.28. The highest BCUT2D eigenvalue weighted by molar-refractivity contribution is 7.09. The zero-order chi connectivity index (χ0) is 10.6. The summed E-state index contributed by atoms with van der Waals surface area (Å²) in [5.74, 6) is -0.545. The van der Waals surface area contributed by atoms with Gasteiger partial charge in [0.1, 0.15) is 11.1 Å². The largest absolute Gasteiger partial charge is 0.464 e. The zero-order valence-corrected chi connectivity index (χ0v) is 8.24. The van der Waals surface area contributed by atoms with Crippen molar-refractivity contribution in [3.05, 3.63) is 16.1 Å². The molecule has 0 aliphatic heterocycles. The molecule has 0 amide bonds. The van der Waals surface area contributed by atoms with Crippen molar-refractivity contribution in [3.63, 3.8) is 0 Å². The van der Waals surface area contributed by atoms with Crippen LogP contribution in [0, 0.1) is 11.3 Å². The van der Waals surface area contributed by atoms with Gasteiger partial charge in [-0.05, 0) is 0 Å². The van der Waals surface area contributed by atoms with Gasteiger partial charge in [-0.15, -0.1) is 11.3 Å². The molecule has 6 heteroatoms. The van der Waals surface area contributed by atoms with Crippen molar-refractivity contribution in [2.75, 3.05) is 7.11 Å². The summed E-state index contributed by atoms with van der Waals surface area (Å²) < 4.78 is 4.45. The maximum atomic E-state index is 11.0. The van der Waals surface area contributed by atoms with Crippen LogP contribution in [0.2, 0.25) is 0 Å². The van der Waals surface area contributed by atoms with Gasteiger partial charge in [0.2, 0.25) is 0 Å². The second kappa shape index (κ2) is 4.69. The molecular weight excluding hydrogens is 204 g/mol. The molecule has 5 nitrogen and oxygen atoms in total. The summed E-state index contributed by atoms with van der Waals surface area (Å²) in [6.45, 7) is 0. The highest BCUT2D eigenvalue weighted by Gasteiger charge is 2.15. The Labute approximate surface area is 84.6 Å². The molecule has 0 radical (unpaired) electrons. The molecule has 1 unspecified atom stereocenters. The monoisotopic (exact) mass is 212 g/mol. The van der Waals surface area contributed by atoms with Crippen LogP contribution in [0.1, 0.15) is 28.0 Å². The van der Waals surface area contributed by atoms with E-state index in [-0.39, 0.29) is 12.1 Å². The van der Waals surface area contributed by atoms with Crippen LogP contribution in [-0.4, -0.2) is 23.2 Å². The van der Waals surface area contributed by atoms with Crippen molar-refractivity contribution >= 4 is 17.3 Å². The summed E-state index contributed by atoms with van der Waals surface area (Å²) in [7, 11) is 1.26. The molecule has 0 fully saturated rings. The van der Waals surface area contributed by atoms with E-state index in [1.165, 1.54) is 12.5 Å². The van der Waals surface area contributed by atoms with Gasteiger partial charge in [0.05, 0.1) is 19.6 Å². The molecule has 0 aliphatic rings. The minimum atomic E-state index is -0.927. The van der Waals surface area contributed by atoms with Crippen molar-refractivity contribution in [2.45, 2.75) is 12.5 Å². The number of hydrogen-bond donors (Lipinski definition) is 1. The third-order valence-electron chi connectivity index (χ3n) is 1.49. The van der Waals surface area contributed by atoms with E-state index in [2.05, 4.69) is 9.72 Å². The van der Waals surface area contributed by atoms with Crippen LogP contribution < -0.4 is 0 Å². The summed E-state index contributed by atoms with van der Waals surface area (Å²) in [5, 5.41) is 19.5. The zero-order valence-electron chi connectivity index (χ0n) is 7.43. The van der Waals surface area contributed by atoms with E-state index in [4.69, 9.17) is 5.26 Å². The number of rotatable bonds is 3. The first-order valence-electron chi connectivity index (χ1n) is 3.77. The van der Waals surface area contributed by atoms with Crippen molar-refractivity contribution in [3.8, 4) is 6.07 Å². The molecule has 1 aromatic rings. The van der Waals surface area contributed by atoms with E-state index in [9.17, 15) is 9.90 Å². The van der Waals surface area contributed by atoms with Crippen molar-refractivity contribution in [1.29, 1.82) is 5.26 Å². The Morgan fingerprint density at radius 3 is 3.21 bits per heavy atom. The molecule has 0 saturated heterocycles. The van der Waals surface area contributed by atoms with Gasteiger partial charge < -0.3 is 9.84 Å². The van der Waals surface area contributed by atoms with Crippen molar-refractivity contribution in [1.82, 2.24) is 4.98 Å². The van der Waals surface area contributed by atoms with Crippen LogP contribution in [-0.2, 0) is 4.74 Å². The van der Waals surface area contributed by atoms with Gasteiger partial charge in [-0.25, -0.2) is 9.78 Å². The molecule has 1 N–H and O–H groups in total. The Morgan fingerprint density at radius 2 is 2.64 bits per heavy atom. The summed E-state index contributed by atoms with van der Waals surface area (Å²) in [4.78, 5) is 14.8. The topological polar surface area (TPSA) is 83.2 Å². The highest BCUT2D eigenvalue weighted by atomic mass is 32.1. The number of aromatic nitrogens is 1. The molecule has 0 bridgehead atoms. The third-order valence-corrected chi connectivity index (χ3v) is 2.43. The number of methoxy groups -OCH3 is 1. The molecule has 14 heavy (non-hydrogen) atoms. The van der Waals surface area contributed by atoms with E-state index < -0.39 is 12.1 Å². The van der Waals surface area contributed by atoms with Crippen LogP contribution in [0.3, 0.4) is 0 Å². The Morgan fingerprint density at radius 1 is 1.93 bits per heavy atom. The van der Waals surface area contributed by atoms with Gasteiger partial charge in [-0.3, -0.25) is 0 Å². The molecule has 0 saturated carbocycles. The highest BCUT2D eigenvalue weighted by Crippen LogP contribution is 2.20. The van der Waals surface area contributed by atoms with Crippen LogP contribution >= 0.6 is 11.3 Å². The van der Waals surface area contributed by atoms with E-state index in [0.717, 1.165) is 11.3 Å². The molecule has 0 spiro atoms. The van der Waals surface area contributed by atoms with Gasteiger partial charge in [0, 0.05) is 5.38 Å². The lowest BCUT2D eigenvalue weighted by Crippen LogP contribution is -2.03. The number of carbonyl (C=O) groups excluding carboxylic acids is 1. The number of carbonyl (C=O) groups is 1. The van der Waals surface area contributed by atoms with Crippen molar-refractivity contribution in [2.24, 2.45) is 0 Å². The normalized spacial score (nSPS) is 11.8. The summed E-state index contributed by atoms with van der Waals surface area (Å²) in [6.07, 6.45) is -0.961. The standard InChI is InChI=1S/C8H8N2O3S/c1-13-8(12)5-4-14-7(10-5)6(11)2-3-9/h4,6,11H,2H2,1H3. The average molecular weight is 212 g/mol. The Balaban J connectivity index is 2.78. The summed E-state index contributed by atoms with van der Waals surface area (Å²) in [6, 6.07) is 1.82. The number of nitriles is 1.